The van der Waals surface area contributed by atoms with E-state index in [-0.39, 0.29) is 29.6 Å². The molecule has 1 aliphatic heterocycles. The summed E-state index contributed by atoms with van der Waals surface area (Å²) in [5.41, 5.74) is 2.17. The van der Waals surface area contributed by atoms with Gasteiger partial charge in [-0.2, -0.15) is 0 Å². The van der Waals surface area contributed by atoms with Crippen LogP contribution in [0.1, 0.15) is 18.9 Å². The van der Waals surface area contributed by atoms with Crippen molar-refractivity contribution in [3.63, 3.8) is 0 Å². The number of nitrogens with one attached hydrogen (secondary N) is 1. The fraction of sp³-hybridized carbons (Fsp3) is 0.286. The fourth-order valence-electron chi connectivity index (χ4n) is 3.05. The van der Waals surface area contributed by atoms with Crippen molar-refractivity contribution in [2.75, 3.05) is 23.4 Å². The van der Waals surface area contributed by atoms with E-state index < -0.39 is 30.2 Å². The van der Waals surface area contributed by atoms with Gasteiger partial charge in [-0.25, -0.2) is 4.39 Å². The van der Waals surface area contributed by atoms with Crippen LogP contribution < -0.4 is 10.2 Å². The van der Waals surface area contributed by atoms with Crippen molar-refractivity contribution in [1.82, 2.24) is 0 Å². The number of esters is 1. The molecule has 1 fully saturated rings. The Kier molecular flexibility index (Phi) is 6.49. The van der Waals surface area contributed by atoms with Gasteiger partial charge >= 0.3 is 5.97 Å². The van der Waals surface area contributed by atoms with E-state index in [1.807, 2.05) is 31.2 Å². The van der Waals surface area contributed by atoms with Crippen LogP contribution in [0.3, 0.4) is 0 Å². The van der Waals surface area contributed by atoms with E-state index in [1.54, 1.807) is 4.90 Å². The molecular weight excluding hydrogens is 399 g/mol. The number of anilines is 2. The summed E-state index contributed by atoms with van der Waals surface area (Å²) in [5.74, 6) is -2.60. The molecule has 0 saturated carbocycles. The number of halogens is 2. The summed E-state index contributed by atoms with van der Waals surface area (Å²) in [4.78, 5) is 38.0. The topological polar surface area (TPSA) is 75.7 Å². The number of benzene rings is 2. The van der Waals surface area contributed by atoms with Crippen molar-refractivity contribution < 1.29 is 23.5 Å². The van der Waals surface area contributed by atoms with Crippen LogP contribution in [0.4, 0.5) is 15.8 Å². The van der Waals surface area contributed by atoms with E-state index in [2.05, 4.69) is 5.32 Å². The van der Waals surface area contributed by atoms with Crippen LogP contribution in [-0.4, -0.2) is 30.9 Å². The molecule has 1 atom stereocenters. The third kappa shape index (κ3) is 5.12. The lowest BCUT2D eigenvalue weighted by atomic mass is 10.1. The Morgan fingerprint density at radius 3 is 2.62 bits per heavy atom. The molecule has 0 spiro atoms. The molecule has 1 N–H and O–H groups in total. The Labute approximate surface area is 172 Å². The number of amides is 2. The molecule has 1 heterocycles. The van der Waals surface area contributed by atoms with Crippen molar-refractivity contribution in [2.24, 2.45) is 5.92 Å². The summed E-state index contributed by atoms with van der Waals surface area (Å²) in [5, 5.41) is 2.34. The minimum atomic E-state index is -0.638. The highest BCUT2D eigenvalue weighted by atomic mass is 35.5. The third-order valence-corrected chi connectivity index (χ3v) is 4.95. The molecule has 3 rings (SSSR count). The minimum Gasteiger partial charge on any atom is -0.455 e. The zero-order valence-corrected chi connectivity index (χ0v) is 16.5. The van der Waals surface area contributed by atoms with Crippen LogP contribution >= 0.6 is 11.6 Å². The van der Waals surface area contributed by atoms with Gasteiger partial charge in [0.15, 0.2) is 6.61 Å². The zero-order chi connectivity index (χ0) is 21.0. The normalized spacial score (nSPS) is 16.0. The number of hydrogen-bond donors (Lipinski definition) is 1. The average Bonchev–Trinajstić information content (AvgIpc) is 3.11. The first-order valence-electron chi connectivity index (χ1n) is 9.18. The molecule has 2 amide bonds. The Bertz CT molecular complexity index is 933. The first kappa shape index (κ1) is 20.8. The smallest absolute Gasteiger partial charge is 0.311 e. The van der Waals surface area contributed by atoms with Gasteiger partial charge < -0.3 is 15.0 Å². The minimum absolute atomic E-state index is 0.0313. The average molecular weight is 419 g/mol. The number of carbonyl (C=O) groups excluding carboxylic acids is 3. The first-order chi connectivity index (χ1) is 13.9. The van der Waals surface area contributed by atoms with E-state index in [9.17, 15) is 18.8 Å². The molecule has 1 saturated heterocycles. The molecule has 0 aliphatic carbocycles. The van der Waals surface area contributed by atoms with Gasteiger partial charge in [-0.15, -0.1) is 0 Å². The summed E-state index contributed by atoms with van der Waals surface area (Å²) in [7, 11) is 0. The van der Waals surface area contributed by atoms with E-state index in [0.29, 0.717) is 0 Å². The Morgan fingerprint density at radius 1 is 1.24 bits per heavy atom. The maximum Gasteiger partial charge on any atom is 0.311 e. The molecule has 29 heavy (non-hydrogen) atoms. The van der Waals surface area contributed by atoms with E-state index in [1.165, 1.54) is 12.1 Å². The number of ether oxygens (including phenoxy) is 1. The molecule has 6 nitrogen and oxygen atoms in total. The summed E-state index contributed by atoms with van der Waals surface area (Å²) in [6.45, 7) is 1.74. The predicted molar refractivity (Wildman–Crippen MR) is 107 cm³/mol. The highest BCUT2D eigenvalue weighted by Gasteiger charge is 2.36. The predicted octanol–water partition coefficient (Wildman–Crippen LogP) is 3.58. The monoisotopic (exact) mass is 418 g/mol. The second-order valence-corrected chi connectivity index (χ2v) is 7.12. The van der Waals surface area contributed by atoms with Crippen LogP contribution in [0.25, 0.3) is 0 Å². The quantitative estimate of drug-likeness (QED) is 0.727. The van der Waals surface area contributed by atoms with Crippen molar-refractivity contribution >= 4 is 40.8 Å². The lowest BCUT2D eigenvalue weighted by molar-refractivity contribution is -0.151. The van der Waals surface area contributed by atoms with Crippen molar-refractivity contribution in [2.45, 2.75) is 19.8 Å². The zero-order valence-electron chi connectivity index (χ0n) is 15.8. The molecular formula is C21H20ClFN2O4. The lowest BCUT2D eigenvalue weighted by Gasteiger charge is -2.17. The summed E-state index contributed by atoms with van der Waals surface area (Å²) in [6, 6.07) is 11.3. The number of rotatable bonds is 6. The molecule has 0 bridgehead atoms. The third-order valence-electron chi connectivity index (χ3n) is 4.66. The van der Waals surface area contributed by atoms with Gasteiger partial charge in [0.1, 0.15) is 5.82 Å². The largest absolute Gasteiger partial charge is 0.455 e. The van der Waals surface area contributed by atoms with Crippen molar-refractivity contribution in [3.8, 4) is 0 Å². The van der Waals surface area contributed by atoms with E-state index in [0.717, 1.165) is 23.7 Å². The second kappa shape index (κ2) is 9.05. The van der Waals surface area contributed by atoms with Gasteiger partial charge in [0.2, 0.25) is 5.91 Å². The van der Waals surface area contributed by atoms with Crippen LogP contribution in [0.2, 0.25) is 5.02 Å². The van der Waals surface area contributed by atoms with Gasteiger partial charge in [0.25, 0.3) is 5.91 Å². The van der Waals surface area contributed by atoms with Crippen LogP contribution in [0, 0.1) is 11.7 Å². The Balaban J connectivity index is 1.52. The molecule has 0 radical (unpaired) electrons. The maximum absolute atomic E-state index is 13.1. The van der Waals surface area contributed by atoms with Gasteiger partial charge in [0, 0.05) is 24.3 Å². The van der Waals surface area contributed by atoms with Crippen LogP contribution in [0.15, 0.2) is 42.5 Å². The molecule has 0 aromatic heterocycles. The van der Waals surface area contributed by atoms with Crippen LogP contribution in [-0.2, 0) is 25.5 Å². The van der Waals surface area contributed by atoms with E-state index >= 15 is 0 Å². The molecule has 2 aromatic rings. The number of hydrogen-bond acceptors (Lipinski definition) is 4. The highest BCUT2D eigenvalue weighted by molar-refractivity contribution is 6.31. The van der Waals surface area contributed by atoms with Gasteiger partial charge in [0.05, 0.1) is 10.9 Å². The van der Waals surface area contributed by atoms with Crippen molar-refractivity contribution in [3.05, 3.63) is 58.9 Å². The van der Waals surface area contributed by atoms with Crippen molar-refractivity contribution in [1.29, 1.82) is 0 Å². The van der Waals surface area contributed by atoms with Crippen LogP contribution in [0.5, 0.6) is 0 Å². The molecule has 2 aromatic carbocycles. The molecule has 0 unspecified atom stereocenters. The second-order valence-electron chi connectivity index (χ2n) is 6.71. The number of carbonyl (C=O) groups is 3. The van der Waals surface area contributed by atoms with Gasteiger partial charge in [-0.1, -0.05) is 30.7 Å². The van der Waals surface area contributed by atoms with E-state index in [4.69, 9.17) is 16.3 Å². The van der Waals surface area contributed by atoms with Gasteiger partial charge in [-0.3, -0.25) is 14.4 Å². The maximum atomic E-state index is 13.1. The molecule has 8 heteroatoms. The SMILES string of the molecule is CCc1ccc(N2C[C@H](C(=O)OCC(=O)Nc3ccc(F)c(Cl)c3)CC2=O)cc1. The summed E-state index contributed by atoms with van der Waals surface area (Å²) >= 11 is 5.66. The Hall–Kier alpha value is -2.93. The fourth-order valence-corrected chi connectivity index (χ4v) is 3.23. The molecule has 1 aliphatic rings. The summed E-state index contributed by atoms with van der Waals surface area (Å²) in [6.07, 6.45) is 0.929. The Morgan fingerprint density at radius 2 is 1.97 bits per heavy atom. The standard InChI is InChI=1S/C21H20ClFN2O4/c1-2-13-3-6-16(7-4-13)25-11-14(9-20(25)27)21(28)29-12-19(26)24-15-5-8-18(23)17(22)10-15/h3-8,10,14H,2,9,11-12H2,1H3,(H,24,26)/t14-/m1/s1. The lowest BCUT2D eigenvalue weighted by Crippen LogP contribution is -2.28. The molecule has 152 valence electrons. The van der Waals surface area contributed by atoms with Gasteiger partial charge in [-0.05, 0) is 42.3 Å². The first-order valence-corrected chi connectivity index (χ1v) is 9.56. The highest BCUT2D eigenvalue weighted by Crippen LogP contribution is 2.26. The number of aryl methyl sites for hydroxylation is 1. The summed E-state index contributed by atoms with van der Waals surface area (Å²) < 4.78 is 18.2. The number of nitrogens with zero attached hydrogens (tertiary/aromatic N) is 1.